The lowest BCUT2D eigenvalue weighted by Crippen LogP contribution is -2.04. The van der Waals surface area contributed by atoms with Crippen LogP contribution in [0, 0.1) is 5.82 Å². The Bertz CT molecular complexity index is 519. The minimum absolute atomic E-state index is 0.0538. The number of Topliss-reactive ketones (excluding diaryl/α,β-unsaturated/α-hetero) is 1. The van der Waals surface area contributed by atoms with Gasteiger partial charge in [-0.15, -0.1) is 0 Å². The molecule has 0 bridgehead atoms. The maximum Gasteiger partial charge on any atom is 0.135 e. The van der Waals surface area contributed by atoms with Gasteiger partial charge in [0.25, 0.3) is 0 Å². The highest BCUT2D eigenvalue weighted by atomic mass is 19.1. The molecule has 0 unspecified atom stereocenters. The molecule has 0 atom stereocenters. The largest absolute Gasteiger partial charge is 0.303 e. The third-order valence-corrected chi connectivity index (χ3v) is 2.23. The van der Waals surface area contributed by atoms with Gasteiger partial charge in [0.2, 0.25) is 0 Å². The molecule has 0 aliphatic heterocycles. The summed E-state index contributed by atoms with van der Waals surface area (Å²) in [4.78, 5) is 15.0. The summed E-state index contributed by atoms with van der Waals surface area (Å²) in [6, 6.07) is 6.19. The smallest absolute Gasteiger partial charge is 0.135 e. The molecule has 0 aliphatic rings. The summed E-state index contributed by atoms with van der Waals surface area (Å²) in [5.41, 5.74) is 1.44. The topological polar surface area (TPSA) is 34.9 Å². The molecule has 0 spiro atoms. The number of rotatable bonds is 3. The van der Waals surface area contributed by atoms with Crippen LogP contribution in [0.15, 0.2) is 36.8 Å². The lowest BCUT2D eigenvalue weighted by atomic mass is 10.2. The number of hydrogen-bond acceptors (Lipinski definition) is 2. The van der Waals surface area contributed by atoms with Gasteiger partial charge >= 0.3 is 0 Å². The van der Waals surface area contributed by atoms with Gasteiger partial charge in [0, 0.05) is 24.0 Å². The molecular formula is C12H11FN2O. The highest BCUT2D eigenvalue weighted by Gasteiger charge is 2.06. The summed E-state index contributed by atoms with van der Waals surface area (Å²) >= 11 is 0. The first-order valence-corrected chi connectivity index (χ1v) is 4.93. The average molecular weight is 218 g/mol. The molecule has 1 aromatic carbocycles. The van der Waals surface area contributed by atoms with Gasteiger partial charge in [-0.25, -0.2) is 9.37 Å². The molecule has 2 aromatic rings. The molecule has 1 aromatic heterocycles. The number of imidazole rings is 1. The molecule has 16 heavy (non-hydrogen) atoms. The van der Waals surface area contributed by atoms with E-state index in [1.54, 1.807) is 29.2 Å². The van der Waals surface area contributed by atoms with Crippen LogP contribution in [0.2, 0.25) is 0 Å². The summed E-state index contributed by atoms with van der Waals surface area (Å²) < 4.78 is 14.8. The van der Waals surface area contributed by atoms with Gasteiger partial charge in [-0.1, -0.05) is 6.07 Å². The molecule has 0 amide bonds. The van der Waals surface area contributed by atoms with Crippen molar-refractivity contribution in [2.24, 2.45) is 0 Å². The zero-order valence-corrected chi connectivity index (χ0v) is 8.85. The van der Waals surface area contributed by atoms with Crippen LogP contribution in [0.5, 0.6) is 0 Å². The number of ketones is 1. The second kappa shape index (κ2) is 4.26. The van der Waals surface area contributed by atoms with E-state index >= 15 is 0 Å². The van der Waals surface area contributed by atoms with E-state index in [0.29, 0.717) is 12.1 Å². The van der Waals surface area contributed by atoms with Gasteiger partial charge in [0.15, 0.2) is 0 Å². The van der Waals surface area contributed by atoms with Crippen LogP contribution in [0.3, 0.4) is 0 Å². The summed E-state index contributed by atoms with van der Waals surface area (Å²) in [5.74, 6) is -0.252. The average Bonchev–Trinajstić information content (AvgIpc) is 2.65. The number of carbonyl (C=O) groups excluding carboxylic acids is 1. The number of carbonyl (C=O) groups is 1. The molecule has 0 fully saturated rings. The van der Waals surface area contributed by atoms with Crippen LogP contribution >= 0.6 is 0 Å². The van der Waals surface area contributed by atoms with Crippen LogP contribution in [0.1, 0.15) is 12.6 Å². The van der Waals surface area contributed by atoms with Crippen molar-refractivity contribution in [1.82, 2.24) is 9.55 Å². The number of hydrogen-bond donors (Lipinski definition) is 0. The normalized spacial score (nSPS) is 10.4. The van der Waals surface area contributed by atoms with E-state index in [1.807, 2.05) is 0 Å². The number of aromatic nitrogens is 2. The fourth-order valence-electron chi connectivity index (χ4n) is 1.57. The highest BCUT2D eigenvalue weighted by Crippen LogP contribution is 2.13. The van der Waals surface area contributed by atoms with Crippen molar-refractivity contribution >= 4 is 5.78 Å². The van der Waals surface area contributed by atoms with E-state index in [9.17, 15) is 9.18 Å². The quantitative estimate of drug-likeness (QED) is 0.791. The fraction of sp³-hybridized carbons (Fsp3) is 0.167. The molecule has 0 N–H and O–H groups in total. The maximum absolute atomic E-state index is 13.1. The molecule has 4 heteroatoms. The maximum atomic E-state index is 13.1. The first kappa shape index (κ1) is 10.5. The summed E-state index contributed by atoms with van der Waals surface area (Å²) in [5, 5.41) is 0. The molecule has 0 aliphatic carbocycles. The predicted octanol–water partition coefficient (Wildman–Crippen LogP) is 2.14. The van der Waals surface area contributed by atoms with Gasteiger partial charge in [0.1, 0.15) is 11.6 Å². The van der Waals surface area contributed by atoms with Crippen LogP contribution < -0.4 is 0 Å². The van der Waals surface area contributed by atoms with Gasteiger partial charge in [0.05, 0.1) is 6.33 Å². The Kier molecular flexibility index (Phi) is 2.81. The lowest BCUT2D eigenvalue weighted by Gasteiger charge is -2.06. The second-order valence-electron chi connectivity index (χ2n) is 3.61. The SMILES string of the molecule is CC(=O)Cc1cncn1-c1cccc(F)c1. The molecule has 82 valence electrons. The minimum atomic E-state index is -0.306. The van der Waals surface area contributed by atoms with Gasteiger partial charge in [-0.3, -0.25) is 4.79 Å². The van der Waals surface area contributed by atoms with Crippen LogP contribution in [-0.2, 0) is 11.2 Å². The Morgan fingerprint density at radius 3 is 3.00 bits per heavy atom. The molecule has 3 nitrogen and oxygen atoms in total. The molecule has 0 radical (unpaired) electrons. The van der Waals surface area contributed by atoms with E-state index in [1.165, 1.54) is 19.1 Å². The lowest BCUT2D eigenvalue weighted by molar-refractivity contribution is -0.116. The second-order valence-corrected chi connectivity index (χ2v) is 3.61. The monoisotopic (exact) mass is 218 g/mol. The molecule has 2 rings (SSSR count). The standard InChI is InChI=1S/C12H11FN2O/c1-9(16)5-12-7-14-8-15(12)11-4-2-3-10(13)6-11/h2-4,6-8H,5H2,1H3. The van der Waals surface area contributed by atoms with Crippen LogP contribution in [0.4, 0.5) is 4.39 Å². The Morgan fingerprint density at radius 1 is 1.50 bits per heavy atom. The van der Waals surface area contributed by atoms with Gasteiger partial charge in [-0.05, 0) is 25.1 Å². The van der Waals surface area contributed by atoms with Crippen molar-refractivity contribution in [2.45, 2.75) is 13.3 Å². The van der Waals surface area contributed by atoms with Crippen molar-refractivity contribution in [1.29, 1.82) is 0 Å². The molecular weight excluding hydrogens is 207 g/mol. The molecule has 0 saturated heterocycles. The molecule has 0 saturated carbocycles. The zero-order chi connectivity index (χ0) is 11.5. The summed E-state index contributed by atoms with van der Waals surface area (Å²) in [7, 11) is 0. The van der Waals surface area contributed by atoms with Crippen molar-refractivity contribution in [3.05, 3.63) is 48.3 Å². The molecule has 1 heterocycles. The first-order chi connectivity index (χ1) is 7.66. The minimum Gasteiger partial charge on any atom is -0.303 e. The van der Waals surface area contributed by atoms with E-state index in [4.69, 9.17) is 0 Å². The number of nitrogens with zero attached hydrogens (tertiary/aromatic N) is 2. The van der Waals surface area contributed by atoms with E-state index < -0.39 is 0 Å². The summed E-state index contributed by atoms with van der Waals surface area (Å²) in [6.45, 7) is 1.52. The number of benzene rings is 1. The fourth-order valence-corrected chi connectivity index (χ4v) is 1.57. The zero-order valence-electron chi connectivity index (χ0n) is 8.85. The Morgan fingerprint density at radius 2 is 2.31 bits per heavy atom. The van der Waals surface area contributed by atoms with Gasteiger partial charge < -0.3 is 4.57 Å². The Labute approximate surface area is 92.5 Å². The van der Waals surface area contributed by atoms with Crippen LogP contribution in [0.25, 0.3) is 5.69 Å². The van der Waals surface area contributed by atoms with Crippen LogP contribution in [-0.4, -0.2) is 15.3 Å². The summed E-state index contributed by atoms with van der Waals surface area (Å²) in [6.07, 6.45) is 3.50. The Balaban J connectivity index is 2.40. The van der Waals surface area contributed by atoms with Crippen molar-refractivity contribution in [3.8, 4) is 5.69 Å². The van der Waals surface area contributed by atoms with Crippen molar-refractivity contribution in [3.63, 3.8) is 0 Å². The third-order valence-electron chi connectivity index (χ3n) is 2.23. The first-order valence-electron chi connectivity index (χ1n) is 4.93. The predicted molar refractivity (Wildman–Crippen MR) is 57.9 cm³/mol. The highest BCUT2D eigenvalue weighted by molar-refractivity contribution is 5.77. The van der Waals surface area contributed by atoms with E-state index in [0.717, 1.165) is 5.69 Å². The Hall–Kier alpha value is -1.97. The number of halogens is 1. The van der Waals surface area contributed by atoms with Crippen molar-refractivity contribution in [2.75, 3.05) is 0 Å². The van der Waals surface area contributed by atoms with Gasteiger partial charge in [-0.2, -0.15) is 0 Å². The van der Waals surface area contributed by atoms with Crippen molar-refractivity contribution < 1.29 is 9.18 Å². The van der Waals surface area contributed by atoms with E-state index in [2.05, 4.69) is 4.98 Å². The third kappa shape index (κ3) is 2.16. The van der Waals surface area contributed by atoms with E-state index in [-0.39, 0.29) is 11.6 Å².